The lowest BCUT2D eigenvalue weighted by Crippen LogP contribution is -2.58. The molecule has 0 bridgehead atoms. The fourth-order valence-electron chi connectivity index (χ4n) is 6.35. The third kappa shape index (κ3) is 9.49. The van der Waals surface area contributed by atoms with Crippen molar-refractivity contribution < 1.29 is 38.2 Å². The van der Waals surface area contributed by atoms with Crippen molar-refractivity contribution in [3.63, 3.8) is 0 Å². The van der Waals surface area contributed by atoms with Gasteiger partial charge in [-0.15, -0.1) is 0 Å². The van der Waals surface area contributed by atoms with Crippen molar-refractivity contribution in [3.8, 4) is 0 Å². The molecule has 1 fully saturated rings. The van der Waals surface area contributed by atoms with Gasteiger partial charge in [0.1, 0.15) is 25.4 Å². The Balaban J connectivity index is 1.54. The number of Topliss-reactive ketones (excluding diaryl/α,β-unsaturated/α-hetero) is 1. The zero-order valence-corrected chi connectivity index (χ0v) is 29.6. The molecule has 9 heteroatoms. The van der Waals surface area contributed by atoms with E-state index in [1.165, 1.54) is 7.11 Å². The number of aryl methyl sites for hydroxylation is 4. The monoisotopic (exact) mass is 684 g/mol. The van der Waals surface area contributed by atoms with Crippen LogP contribution in [0.2, 0.25) is 0 Å². The number of carbonyl (C=O) groups excluding carboxylic acids is 2. The first-order valence-electron chi connectivity index (χ1n) is 16.5. The van der Waals surface area contributed by atoms with Crippen LogP contribution in [0.1, 0.15) is 49.4 Å². The number of hydrogen-bond acceptors (Lipinski definition) is 8. The van der Waals surface area contributed by atoms with Crippen LogP contribution in [-0.2, 0) is 23.5 Å². The molecule has 8 nitrogen and oxygen atoms in total. The second kappa shape index (κ2) is 17.3. The van der Waals surface area contributed by atoms with Crippen LogP contribution in [0.5, 0.6) is 0 Å². The molecule has 1 aliphatic heterocycles. The highest BCUT2D eigenvalue weighted by Crippen LogP contribution is 2.44. The minimum absolute atomic E-state index is 0.0984. The zero-order valence-electron chi connectivity index (χ0n) is 28.7. The fourth-order valence-corrected chi connectivity index (χ4v) is 8.69. The van der Waals surface area contributed by atoms with Gasteiger partial charge in [-0.3, -0.25) is 4.79 Å². The lowest BCUT2D eigenvalue weighted by Gasteiger charge is -2.46. The highest BCUT2D eigenvalue weighted by atomic mass is 31.1. The van der Waals surface area contributed by atoms with Gasteiger partial charge in [0.15, 0.2) is 12.1 Å². The Kier molecular flexibility index (Phi) is 12.9. The molecule has 4 aromatic carbocycles. The Hall–Kier alpha value is -3.75. The number of methoxy groups -OCH3 is 1. The molecule has 0 spiro atoms. The smallest absolute Gasteiger partial charge is 0.338 e. The SMILES string of the molecule is COC1OC(COC(=O)c2ccccc2)C(CCO)[C@H](OP(c2cc(C)cc(C)c2)c2cc(C)cc(C)c2)C1OCC(=O)c1ccccc1. The number of carbonyl (C=O) groups is 2. The van der Waals surface area contributed by atoms with Crippen LogP contribution >= 0.6 is 8.15 Å². The maximum absolute atomic E-state index is 13.2. The predicted molar refractivity (Wildman–Crippen MR) is 191 cm³/mol. The summed E-state index contributed by atoms with van der Waals surface area (Å²) in [5.74, 6) is -1.17. The van der Waals surface area contributed by atoms with Gasteiger partial charge >= 0.3 is 5.97 Å². The third-order valence-corrected chi connectivity index (χ3v) is 10.4. The average molecular weight is 685 g/mol. The standard InChI is InChI=1S/C40H45O8P/c1-26-18-27(2)21-32(20-26)49(33-22-28(3)19-29(4)23-33)48-37-34(16-17-41)36(25-46-39(43)31-14-10-7-11-15-31)47-40(44-5)38(37)45-24-35(42)30-12-8-6-9-13-30/h6-15,18-23,34,36-38,40-41H,16-17,24-25H2,1-5H3/t34?,36?,37-,38?,40?/m0/s1. The molecule has 1 N–H and O–H groups in total. The van der Waals surface area contributed by atoms with Gasteiger partial charge in [0.2, 0.25) is 0 Å². The Morgan fingerprint density at radius 3 is 1.80 bits per heavy atom. The molecule has 0 saturated carbocycles. The van der Waals surface area contributed by atoms with Crippen LogP contribution in [0.3, 0.4) is 0 Å². The van der Waals surface area contributed by atoms with E-state index in [1.807, 2.05) is 12.1 Å². The second-order valence-corrected chi connectivity index (χ2v) is 14.4. The number of esters is 1. The topological polar surface area (TPSA) is 101 Å². The summed E-state index contributed by atoms with van der Waals surface area (Å²) < 4.78 is 31.7. The lowest BCUT2D eigenvalue weighted by atomic mass is 9.86. The van der Waals surface area contributed by atoms with E-state index in [1.54, 1.807) is 48.5 Å². The highest BCUT2D eigenvalue weighted by molar-refractivity contribution is 7.68. The highest BCUT2D eigenvalue weighted by Gasteiger charge is 2.49. The molecule has 0 aliphatic carbocycles. The van der Waals surface area contributed by atoms with Crippen molar-refractivity contribution in [1.29, 1.82) is 0 Å². The minimum Gasteiger partial charge on any atom is -0.459 e. The number of hydrogen-bond donors (Lipinski definition) is 1. The predicted octanol–water partition coefficient (Wildman–Crippen LogP) is 6.15. The fraction of sp³-hybridized carbons (Fsp3) is 0.350. The van der Waals surface area contributed by atoms with E-state index in [0.717, 1.165) is 32.9 Å². The Bertz CT molecular complexity index is 1600. The van der Waals surface area contributed by atoms with Crippen LogP contribution < -0.4 is 10.6 Å². The maximum Gasteiger partial charge on any atom is 0.338 e. The molecule has 5 rings (SSSR count). The first-order chi connectivity index (χ1) is 23.7. The Morgan fingerprint density at radius 2 is 1.29 bits per heavy atom. The summed E-state index contributed by atoms with van der Waals surface area (Å²) in [7, 11) is 0.0683. The van der Waals surface area contributed by atoms with E-state index < -0.39 is 44.6 Å². The summed E-state index contributed by atoms with van der Waals surface area (Å²) in [6, 6.07) is 30.5. The van der Waals surface area contributed by atoms with Crippen LogP contribution in [0.25, 0.3) is 0 Å². The van der Waals surface area contributed by atoms with Crippen LogP contribution in [0.15, 0.2) is 97.1 Å². The van der Waals surface area contributed by atoms with E-state index in [-0.39, 0.29) is 32.0 Å². The summed E-state index contributed by atoms with van der Waals surface area (Å²) >= 11 is 0. The van der Waals surface area contributed by atoms with Gasteiger partial charge in [-0.2, -0.15) is 0 Å². The first-order valence-corrected chi connectivity index (χ1v) is 17.8. The molecule has 258 valence electrons. The summed E-state index contributed by atoms with van der Waals surface area (Å²) in [5, 5.41) is 12.4. The van der Waals surface area contributed by atoms with Gasteiger partial charge < -0.3 is 28.6 Å². The molecule has 1 aliphatic rings. The van der Waals surface area contributed by atoms with Gasteiger partial charge in [-0.1, -0.05) is 82.9 Å². The molecular weight excluding hydrogens is 639 g/mol. The van der Waals surface area contributed by atoms with Crippen molar-refractivity contribution in [2.45, 2.75) is 58.7 Å². The second-order valence-electron chi connectivity index (χ2n) is 12.5. The zero-order chi connectivity index (χ0) is 34.9. The number of ketones is 1. The Labute approximate surface area is 290 Å². The number of rotatable bonds is 14. The number of ether oxygens (including phenoxy) is 4. The first kappa shape index (κ1) is 36.5. The summed E-state index contributed by atoms with van der Waals surface area (Å²) in [5.41, 5.74) is 5.37. The molecular formula is C40H45O8P. The summed E-state index contributed by atoms with van der Waals surface area (Å²) in [6.07, 6.45) is -2.96. The number of aliphatic hydroxyl groups excluding tert-OH is 1. The maximum atomic E-state index is 13.2. The molecule has 1 saturated heterocycles. The van der Waals surface area contributed by atoms with Crippen molar-refractivity contribution in [1.82, 2.24) is 0 Å². The summed E-state index contributed by atoms with van der Waals surface area (Å²) in [6.45, 7) is 7.75. The van der Waals surface area contributed by atoms with Gasteiger partial charge in [0.05, 0.1) is 19.8 Å². The third-order valence-electron chi connectivity index (χ3n) is 8.50. The van der Waals surface area contributed by atoms with Crippen LogP contribution in [0, 0.1) is 33.6 Å². The van der Waals surface area contributed by atoms with E-state index in [9.17, 15) is 14.7 Å². The van der Waals surface area contributed by atoms with Gasteiger partial charge in [0.25, 0.3) is 0 Å². The molecule has 0 radical (unpaired) electrons. The van der Waals surface area contributed by atoms with E-state index in [0.29, 0.717) is 11.1 Å². The number of benzene rings is 4. The van der Waals surface area contributed by atoms with Crippen molar-refractivity contribution in [2.75, 3.05) is 26.9 Å². The molecule has 4 unspecified atom stereocenters. The van der Waals surface area contributed by atoms with Crippen molar-refractivity contribution >= 4 is 30.5 Å². The quantitative estimate of drug-likeness (QED) is 0.0960. The molecule has 0 aromatic heterocycles. The van der Waals surface area contributed by atoms with Crippen molar-refractivity contribution in [2.24, 2.45) is 5.92 Å². The van der Waals surface area contributed by atoms with Gasteiger partial charge in [0, 0.05) is 35.8 Å². The Morgan fingerprint density at radius 1 is 0.755 bits per heavy atom. The molecule has 1 heterocycles. The van der Waals surface area contributed by atoms with E-state index in [4.69, 9.17) is 23.5 Å². The van der Waals surface area contributed by atoms with Gasteiger partial charge in [-0.25, -0.2) is 4.79 Å². The lowest BCUT2D eigenvalue weighted by molar-refractivity contribution is -0.286. The van der Waals surface area contributed by atoms with Crippen LogP contribution in [0.4, 0.5) is 0 Å². The molecule has 49 heavy (non-hydrogen) atoms. The van der Waals surface area contributed by atoms with E-state index >= 15 is 0 Å². The molecule has 5 atom stereocenters. The summed E-state index contributed by atoms with van der Waals surface area (Å²) in [4.78, 5) is 26.2. The van der Waals surface area contributed by atoms with E-state index in [2.05, 4.69) is 64.1 Å². The number of aliphatic hydroxyl groups is 1. The average Bonchev–Trinajstić information content (AvgIpc) is 3.09. The largest absolute Gasteiger partial charge is 0.459 e. The van der Waals surface area contributed by atoms with Crippen molar-refractivity contribution in [3.05, 3.63) is 130 Å². The van der Waals surface area contributed by atoms with Gasteiger partial charge in [-0.05, 0) is 70.5 Å². The molecule has 0 amide bonds. The van der Waals surface area contributed by atoms with Crippen LogP contribution in [-0.4, -0.2) is 68.4 Å². The minimum atomic E-state index is -1.44. The normalized spacial score (nSPS) is 20.7. The molecule has 4 aromatic rings.